The van der Waals surface area contributed by atoms with Crippen LogP contribution in [0.25, 0.3) is 10.9 Å². The number of rotatable bonds is 6. The summed E-state index contributed by atoms with van der Waals surface area (Å²) in [6, 6.07) is 14.9. The predicted molar refractivity (Wildman–Crippen MR) is 123 cm³/mol. The maximum Gasteiger partial charge on any atom is 0.218 e. The minimum atomic E-state index is -0.264. The maximum atomic E-state index is 12.0. The minimum Gasteiger partial charge on any atom is -0.370 e. The predicted octanol–water partition coefficient (Wildman–Crippen LogP) is 6.30. The number of carbonyl (C=O) groups excluding carboxylic acids is 1. The molecule has 0 saturated heterocycles. The van der Waals surface area contributed by atoms with Crippen molar-refractivity contribution in [2.24, 2.45) is 11.7 Å². The number of aromatic nitrogens is 1. The van der Waals surface area contributed by atoms with E-state index in [0.717, 1.165) is 22.5 Å². The molecule has 1 heterocycles. The highest BCUT2D eigenvalue weighted by Gasteiger charge is 2.23. The summed E-state index contributed by atoms with van der Waals surface area (Å²) in [5.41, 5.74) is 10.5. The molecule has 0 bridgehead atoms. The molecule has 1 aromatic heterocycles. The molecule has 1 amide bonds. The Morgan fingerprint density at radius 2 is 1.97 bits per heavy atom. The molecule has 2 N–H and O–H groups in total. The lowest BCUT2D eigenvalue weighted by Crippen LogP contribution is -2.16. The van der Waals surface area contributed by atoms with Gasteiger partial charge in [-0.2, -0.15) is 0 Å². The van der Waals surface area contributed by atoms with E-state index in [-0.39, 0.29) is 11.8 Å². The zero-order chi connectivity index (χ0) is 20.4. The third-order valence-electron chi connectivity index (χ3n) is 6.28. The lowest BCUT2D eigenvalue weighted by molar-refractivity contribution is -0.118. The molecule has 1 aliphatic rings. The van der Waals surface area contributed by atoms with Crippen molar-refractivity contribution in [1.29, 1.82) is 0 Å². The second-order valence-electron chi connectivity index (χ2n) is 8.54. The highest BCUT2D eigenvalue weighted by molar-refractivity contribution is 9.10. The Kier molecular flexibility index (Phi) is 6.09. The molecule has 1 atom stereocenters. The number of fused-ring (bicyclic) bond motifs is 1. The molecule has 2 aromatic carbocycles. The van der Waals surface area contributed by atoms with E-state index in [1.807, 2.05) is 0 Å². The van der Waals surface area contributed by atoms with E-state index >= 15 is 0 Å². The largest absolute Gasteiger partial charge is 0.370 e. The van der Waals surface area contributed by atoms with Crippen LogP contribution in [0, 0.1) is 12.8 Å². The van der Waals surface area contributed by atoms with Gasteiger partial charge in [-0.3, -0.25) is 4.79 Å². The minimum absolute atomic E-state index is 0.0307. The number of halogens is 1. The highest BCUT2D eigenvalue weighted by Crippen LogP contribution is 2.37. The number of hydrogen-bond donors (Lipinski definition) is 1. The van der Waals surface area contributed by atoms with E-state index in [1.54, 1.807) is 0 Å². The van der Waals surface area contributed by atoms with Crippen molar-refractivity contribution in [3.8, 4) is 0 Å². The fraction of sp³-hybridized carbons (Fsp3) is 0.400. The number of primary amides is 1. The molecule has 1 fully saturated rings. The van der Waals surface area contributed by atoms with Gasteiger partial charge >= 0.3 is 0 Å². The van der Waals surface area contributed by atoms with Crippen LogP contribution < -0.4 is 5.73 Å². The second kappa shape index (κ2) is 8.74. The third kappa shape index (κ3) is 4.58. The quantitative estimate of drug-likeness (QED) is 0.468. The number of nitrogens with two attached hydrogens (primary N) is 1. The Hall–Kier alpha value is -2.07. The fourth-order valence-electron chi connectivity index (χ4n) is 4.87. The summed E-state index contributed by atoms with van der Waals surface area (Å²) in [6.45, 7) is 3.14. The average Bonchev–Trinajstić information content (AvgIpc) is 3.04. The van der Waals surface area contributed by atoms with Gasteiger partial charge in [0.1, 0.15) is 0 Å². The Labute approximate surface area is 181 Å². The molecular weight excluding hydrogens is 424 g/mol. The number of aryl methyl sites for hydroxylation is 1. The molecule has 1 saturated carbocycles. The van der Waals surface area contributed by atoms with Gasteiger partial charge in [-0.1, -0.05) is 65.0 Å². The van der Waals surface area contributed by atoms with Crippen LogP contribution in [0.3, 0.4) is 0 Å². The second-order valence-corrected chi connectivity index (χ2v) is 9.46. The van der Waals surface area contributed by atoms with Crippen LogP contribution in [0.1, 0.15) is 61.1 Å². The number of amides is 1. The van der Waals surface area contributed by atoms with Crippen LogP contribution >= 0.6 is 15.9 Å². The molecule has 152 valence electrons. The third-order valence-corrected chi connectivity index (χ3v) is 6.77. The van der Waals surface area contributed by atoms with Crippen LogP contribution in [0.15, 0.2) is 53.1 Å². The molecule has 0 spiro atoms. The van der Waals surface area contributed by atoms with Gasteiger partial charge in [0.2, 0.25) is 5.91 Å². The maximum absolute atomic E-state index is 12.0. The van der Waals surface area contributed by atoms with Gasteiger partial charge in [-0.05, 0) is 55.0 Å². The smallest absolute Gasteiger partial charge is 0.218 e. The Morgan fingerprint density at radius 3 is 2.69 bits per heavy atom. The molecule has 3 aromatic rings. The highest BCUT2D eigenvalue weighted by atomic mass is 79.9. The number of benzene rings is 2. The van der Waals surface area contributed by atoms with Crippen LogP contribution in [0.4, 0.5) is 0 Å². The molecule has 0 aliphatic heterocycles. The van der Waals surface area contributed by atoms with E-state index in [9.17, 15) is 4.79 Å². The molecule has 29 heavy (non-hydrogen) atoms. The zero-order valence-electron chi connectivity index (χ0n) is 17.0. The van der Waals surface area contributed by atoms with Gasteiger partial charge < -0.3 is 10.3 Å². The molecule has 4 heteroatoms. The Bertz CT molecular complexity index is 1020. The summed E-state index contributed by atoms with van der Waals surface area (Å²) in [6.07, 6.45) is 9.28. The monoisotopic (exact) mass is 452 g/mol. The van der Waals surface area contributed by atoms with Crippen molar-refractivity contribution in [2.45, 2.75) is 57.9 Å². The van der Waals surface area contributed by atoms with Gasteiger partial charge in [-0.25, -0.2) is 0 Å². The van der Waals surface area contributed by atoms with Gasteiger partial charge in [0.05, 0.1) is 0 Å². The molecule has 4 rings (SSSR count). The number of nitrogens with zero attached hydrogens (tertiary/aromatic N) is 1. The zero-order valence-corrected chi connectivity index (χ0v) is 18.6. The SMILES string of the molecule is Cc1cccc(C(CC(N)=O)c2cn(CC3CCCCC3)c3ccc(Br)cc23)c1. The van der Waals surface area contributed by atoms with E-state index in [0.29, 0.717) is 6.42 Å². The lowest BCUT2D eigenvalue weighted by atomic mass is 9.87. The van der Waals surface area contributed by atoms with Crippen molar-refractivity contribution in [3.63, 3.8) is 0 Å². The van der Waals surface area contributed by atoms with E-state index in [1.165, 1.54) is 54.1 Å². The van der Waals surface area contributed by atoms with Crippen molar-refractivity contribution >= 4 is 32.7 Å². The summed E-state index contributed by atoms with van der Waals surface area (Å²) in [5, 5.41) is 1.21. The van der Waals surface area contributed by atoms with Crippen LogP contribution in [0.5, 0.6) is 0 Å². The first-order valence-electron chi connectivity index (χ1n) is 10.6. The lowest BCUT2D eigenvalue weighted by Gasteiger charge is -2.22. The van der Waals surface area contributed by atoms with Gasteiger partial charge in [0.25, 0.3) is 0 Å². The van der Waals surface area contributed by atoms with Crippen molar-refractivity contribution < 1.29 is 4.79 Å². The Morgan fingerprint density at radius 1 is 1.17 bits per heavy atom. The molecule has 1 unspecified atom stereocenters. The summed E-state index contributed by atoms with van der Waals surface area (Å²) >= 11 is 3.64. The number of carbonyl (C=O) groups is 1. The first-order valence-corrected chi connectivity index (χ1v) is 11.4. The van der Waals surface area contributed by atoms with Crippen LogP contribution in [-0.2, 0) is 11.3 Å². The van der Waals surface area contributed by atoms with Gasteiger partial charge in [0, 0.05) is 40.5 Å². The van der Waals surface area contributed by atoms with E-state index in [2.05, 4.69) is 76.1 Å². The normalized spacial score (nSPS) is 16.2. The molecule has 0 radical (unpaired) electrons. The summed E-state index contributed by atoms with van der Waals surface area (Å²) in [7, 11) is 0. The van der Waals surface area contributed by atoms with Crippen molar-refractivity contribution in [1.82, 2.24) is 4.57 Å². The van der Waals surface area contributed by atoms with Crippen molar-refractivity contribution in [3.05, 3.63) is 69.8 Å². The van der Waals surface area contributed by atoms with Gasteiger partial charge in [0.15, 0.2) is 0 Å². The summed E-state index contributed by atoms with van der Waals surface area (Å²) in [4.78, 5) is 12.0. The molecule has 3 nitrogen and oxygen atoms in total. The van der Waals surface area contributed by atoms with Crippen LogP contribution in [0.2, 0.25) is 0 Å². The van der Waals surface area contributed by atoms with E-state index < -0.39 is 0 Å². The first kappa shape index (κ1) is 20.2. The Balaban J connectivity index is 1.81. The average molecular weight is 453 g/mol. The summed E-state index contributed by atoms with van der Waals surface area (Å²) < 4.78 is 3.47. The van der Waals surface area contributed by atoms with Crippen LogP contribution in [-0.4, -0.2) is 10.5 Å². The fourth-order valence-corrected chi connectivity index (χ4v) is 5.23. The van der Waals surface area contributed by atoms with Crippen molar-refractivity contribution in [2.75, 3.05) is 0 Å². The topological polar surface area (TPSA) is 48.0 Å². The summed E-state index contributed by atoms with van der Waals surface area (Å²) in [5.74, 6) is 0.445. The first-order chi connectivity index (χ1) is 14.0. The van der Waals surface area contributed by atoms with Gasteiger partial charge in [-0.15, -0.1) is 0 Å². The molecule has 1 aliphatic carbocycles. The molecular formula is C25H29BrN2O. The number of hydrogen-bond acceptors (Lipinski definition) is 1. The standard InChI is InChI=1S/C25H29BrN2O/c1-17-6-5-9-19(12-17)21(14-25(27)29)23-16-28(15-18-7-3-2-4-8-18)24-11-10-20(26)13-22(23)24/h5-6,9-13,16,18,21H,2-4,7-8,14-15H2,1H3,(H2,27,29). The van der Waals surface area contributed by atoms with E-state index in [4.69, 9.17) is 5.73 Å².